The summed E-state index contributed by atoms with van der Waals surface area (Å²) < 4.78 is 38.3. The smallest absolute Gasteiger partial charge is 0.258 e. The largest absolute Gasteiger partial charge is 0.400 e. The van der Waals surface area contributed by atoms with E-state index >= 15 is 0 Å². The summed E-state index contributed by atoms with van der Waals surface area (Å²) in [5.41, 5.74) is 7.56. The lowest BCUT2D eigenvalue weighted by molar-refractivity contribution is -0.130. The number of morpholine rings is 2. The van der Waals surface area contributed by atoms with Crippen LogP contribution in [-0.4, -0.2) is 99.4 Å². The van der Waals surface area contributed by atoms with Gasteiger partial charge in [0.25, 0.3) is 5.91 Å². The lowest BCUT2D eigenvalue weighted by Gasteiger charge is -2.27. The number of anilines is 1. The molecule has 0 saturated carbocycles. The Balaban J connectivity index is 1.55. The van der Waals surface area contributed by atoms with Crippen molar-refractivity contribution in [2.24, 2.45) is 10.7 Å². The molecule has 1 aromatic carbocycles. The molecule has 0 unspecified atom stereocenters. The topological polar surface area (TPSA) is 144 Å². The Kier molecular flexibility index (Phi) is 7.81. The van der Waals surface area contributed by atoms with Crippen molar-refractivity contribution >= 4 is 44.3 Å². The second-order valence-corrected chi connectivity index (χ2v) is 11.2. The predicted molar refractivity (Wildman–Crippen MR) is 133 cm³/mol. The highest BCUT2D eigenvalue weighted by Gasteiger charge is 2.40. The molecule has 0 spiro atoms. The normalized spacial score (nSPS) is 23.1. The van der Waals surface area contributed by atoms with Crippen molar-refractivity contribution in [3.8, 4) is 0 Å². The zero-order valence-electron chi connectivity index (χ0n) is 19.7. The first-order valence-corrected chi connectivity index (χ1v) is 13.6. The van der Waals surface area contributed by atoms with Gasteiger partial charge in [-0.05, 0) is 24.6 Å². The number of carbonyl (C=O) groups excluding carboxylic acids is 2. The number of nitrogens with two attached hydrogens (primary N) is 1. The van der Waals surface area contributed by atoms with Crippen LogP contribution in [0.1, 0.15) is 5.56 Å². The van der Waals surface area contributed by atoms with Crippen LogP contribution in [0.25, 0.3) is 0 Å². The number of ether oxygens (including phenoxy) is 2. The molecule has 3 aliphatic heterocycles. The Bertz CT molecular complexity index is 1170. The van der Waals surface area contributed by atoms with Gasteiger partial charge in [-0.2, -0.15) is 4.31 Å². The van der Waals surface area contributed by atoms with E-state index in [0.717, 1.165) is 11.8 Å². The molecule has 0 aromatic heterocycles. The van der Waals surface area contributed by atoms with Crippen molar-refractivity contribution in [3.63, 3.8) is 0 Å². The molecule has 1 aromatic rings. The van der Waals surface area contributed by atoms with E-state index in [-0.39, 0.29) is 35.2 Å². The maximum Gasteiger partial charge on any atom is 0.258 e. The number of nitrogens with zero attached hydrogens (tertiary/aromatic N) is 3. The predicted octanol–water partition coefficient (Wildman–Crippen LogP) is 0.170. The number of amides is 2. The van der Waals surface area contributed by atoms with Gasteiger partial charge in [-0.15, -0.1) is 0 Å². The molecule has 0 radical (unpaired) electrons. The quantitative estimate of drug-likeness (QED) is 0.556. The van der Waals surface area contributed by atoms with Gasteiger partial charge in [0.15, 0.2) is 0 Å². The molecule has 2 saturated heterocycles. The first kappa shape index (κ1) is 25.6. The Hall–Kier alpha value is -2.45. The third-order valence-corrected chi connectivity index (χ3v) is 9.37. The lowest BCUT2D eigenvalue weighted by atomic mass is 10.1. The Labute approximate surface area is 208 Å². The number of sulfonamides is 1. The van der Waals surface area contributed by atoms with Crippen molar-refractivity contribution in [2.45, 2.75) is 17.1 Å². The van der Waals surface area contributed by atoms with Gasteiger partial charge < -0.3 is 25.4 Å². The SMILES string of the molecule is CN=C1S[C@@H](C(=O)Nc2ccc(C)c(S(=O)(=O)N3CCOCC3)c2)C(N)=C1C(=O)N1CCOCC1. The molecule has 1 atom stereocenters. The van der Waals surface area contributed by atoms with Crippen molar-refractivity contribution in [3.05, 3.63) is 35.0 Å². The number of benzene rings is 1. The molecule has 3 N–H and O–H groups in total. The maximum absolute atomic E-state index is 13.2. The van der Waals surface area contributed by atoms with Crippen LogP contribution in [0.5, 0.6) is 0 Å². The van der Waals surface area contributed by atoms with Crippen molar-refractivity contribution < 1.29 is 27.5 Å². The Morgan fingerprint density at radius 2 is 1.74 bits per heavy atom. The minimum absolute atomic E-state index is 0.124. The van der Waals surface area contributed by atoms with Gasteiger partial charge in [0, 0.05) is 44.6 Å². The highest BCUT2D eigenvalue weighted by Crippen LogP contribution is 2.35. The number of rotatable bonds is 5. The van der Waals surface area contributed by atoms with E-state index in [1.165, 1.54) is 10.4 Å². The van der Waals surface area contributed by atoms with E-state index in [9.17, 15) is 18.0 Å². The van der Waals surface area contributed by atoms with Gasteiger partial charge in [0.2, 0.25) is 15.9 Å². The van der Waals surface area contributed by atoms with Crippen LogP contribution >= 0.6 is 11.8 Å². The van der Waals surface area contributed by atoms with E-state index in [1.807, 2.05) is 0 Å². The molecule has 35 heavy (non-hydrogen) atoms. The van der Waals surface area contributed by atoms with E-state index < -0.39 is 21.2 Å². The van der Waals surface area contributed by atoms with E-state index in [4.69, 9.17) is 15.2 Å². The standard InChI is InChI=1S/C22H29N5O6S2/c1-14-3-4-15(13-16(14)35(30,31)27-7-11-33-12-8-27)25-20(28)19-18(23)17(21(24-2)34-19)22(29)26-5-9-32-10-6-26/h3-4,13,19H,5-12,23H2,1-2H3,(H,25,28)/t19-/m1/s1. The molecule has 3 heterocycles. The van der Waals surface area contributed by atoms with Gasteiger partial charge in [-0.3, -0.25) is 14.6 Å². The van der Waals surface area contributed by atoms with Gasteiger partial charge >= 0.3 is 0 Å². The number of aryl methyl sites for hydroxylation is 1. The minimum atomic E-state index is -3.74. The number of carbonyl (C=O) groups is 2. The van der Waals surface area contributed by atoms with Crippen LogP contribution in [0.3, 0.4) is 0 Å². The number of hydrogen-bond donors (Lipinski definition) is 2. The van der Waals surface area contributed by atoms with Crippen LogP contribution in [-0.2, 0) is 29.1 Å². The molecule has 0 aliphatic carbocycles. The molecule has 2 fully saturated rings. The number of nitrogens with one attached hydrogen (secondary N) is 1. The highest BCUT2D eigenvalue weighted by atomic mass is 32.2. The zero-order chi connectivity index (χ0) is 25.2. The summed E-state index contributed by atoms with van der Waals surface area (Å²) in [6, 6.07) is 4.74. The summed E-state index contributed by atoms with van der Waals surface area (Å²) in [6.07, 6.45) is 0. The summed E-state index contributed by atoms with van der Waals surface area (Å²) >= 11 is 1.10. The highest BCUT2D eigenvalue weighted by molar-refractivity contribution is 8.16. The second kappa shape index (κ2) is 10.7. The van der Waals surface area contributed by atoms with Gasteiger partial charge in [-0.1, -0.05) is 17.8 Å². The average molecular weight is 524 g/mol. The van der Waals surface area contributed by atoms with Crippen molar-refractivity contribution in [2.75, 3.05) is 65.0 Å². The molecule has 2 amide bonds. The third-order valence-electron chi connectivity index (χ3n) is 6.01. The maximum atomic E-state index is 13.2. The fourth-order valence-corrected chi connectivity index (χ4v) is 6.80. The average Bonchev–Trinajstić information content (AvgIpc) is 3.22. The second-order valence-electron chi connectivity index (χ2n) is 8.25. The summed E-state index contributed by atoms with van der Waals surface area (Å²) in [4.78, 5) is 32.2. The molecule has 4 rings (SSSR count). The monoisotopic (exact) mass is 523 g/mol. The fourth-order valence-electron chi connectivity index (χ4n) is 4.08. The summed E-state index contributed by atoms with van der Waals surface area (Å²) in [7, 11) is -2.20. The van der Waals surface area contributed by atoms with E-state index in [0.29, 0.717) is 55.8 Å². The van der Waals surface area contributed by atoms with E-state index in [1.54, 1.807) is 31.0 Å². The molecule has 190 valence electrons. The van der Waals surface area contributed by atoms with Crippen LogP contribution in [0, 0.1) is 6.92 Å². The van der Waals surface area contributed by atoms with Crippen LogP contribution in [0.4, 0.5) is 5.69 Å². The minimum Gasteiger partial charge on any atom is -0.400 e. The molecule has 0 bridgehead atoms. The molecule has 3 aliphatic rings. The van der Waals surface area contributed by atoms with Crippen LogP contribution in [0.2, 0.25) is 0 Å². The molecular weight excluding hydrogens is 494 g/mol. The molecule has 13 heteroatoms. The van der Waals surface area contributed by atoms with Gasteiger partial charge in [-0.25, -0.2) is 8.42 Å². The van der Waals surface area contributed by atoms with Crippen LogP contribution in [0.15, 0.2) is 39.4 Å². The Morgan fingerprint density at radius 1 is 1.11 bits per heavy atom. The zero-order valence-corrected chi connectivity index (χ0v) is 21.3. The third kappa shape index (κ3) is 5.23. The summed E-state index contributed by atoms with van der Waals surface area (Å²) in [6.45, 7) is 4.71. The summed E-state index contributed by atoms with van der Waals surface area (Å²) in [5.74, 6) is -0.736. The lowest BCUT2D eigenvalue weighted by Crippen LogP contribution is -2.42. The molecule has 11 nitrogen and oxygen atoms in total. The number of hydrogen-bond acceptors (Lipinski definition) is 9. The first-order chi connectivity index (χ1) is 16.7. The molecular formula is C22H29N5O6S2. The van der Waals surface area contributed by atoms with E-state index in [2.05, 4.69) is 10.3 Å². The van der Waals surface area contributed by atoms with Gasteiger partial charge in [0.1, 0.15) is 10.3 Å². The fraction of sp³-hybridized carbons (Fsp3) is 0.500. The summed E-state index contributed by atoms with van der Waals surface area (Å²) in [5, 5.41) is 2.29. The Morgan fingerprint density at radius 3 is 2.37 bits per heavy atom. The van der Waals surface area contributed by atoms with Gasteiger partial charge in [0.05, 0.1) is 36.9 Å². The number of aliphatic imine (C=N–C) groups is 1. The van der Waals surface area contributed by atoms with Crippen molar-refractivity contribution in [1.82, 2.24) is 9.21 Å². The van der Waals surface area contributed by atoms with Crippen LogP contribution < -0.4 is 11.1 Å². The number of thioether (sulfide) groups is 1. The first-order valence-electron chi connectivity index (χ1n) is 11.2. The van der Waals surface area contributed by atoms with Crippen molar-refractivity contribution in [1.29, 1.82) is 0 Å².